The van der Waals surface area contributed by atoms with Crippen molar-refractivity contribution in [2.24, 2.45) is 0 Å². The van der Waals surface area contributed by atoms with Crippen LogP contribution < -0.4 is 5.56 Å². The molecule has 26 heavy (non-hydrogen) atoms. The number of aromatic nitrogens is 2. The van der Waals surface area contributed by atoms with Crippen LogP contribution in [0, 0.1) is 0 Å². The molecular weight excluding hydrogens is 408 g/mol. The molecule has 0 atom stereocenters. The molecule has 4 rings (SSSR count). The van der Waals surface area contributed by atoms with Crippen LogP contribution in [0.3, 0.4) is 0 Å². The molecule has 0 bridgehead atoms. The summed E-state index contributed by atoms with van der Waals surface area (Å²) in [5.74, 6) is -1.26. The second kappa shape index (κ2) is 6.25. The maximum absolute atomic E-state index is 13.6. The maximum atomic E-state index is 13.6. The van der Waals surface area contributed by atoms with Crippen molar-refractivity contribution in [1.82, 2.24) is 9.55 Å². The SMILES string of the molecule is O=c1c2c3c(sc2nc(C(F)(F)F)n1-c1ccc(Cl)c(Cl)c1)CCCC3. The van der Waals surface area contributed by atoms with E-state index in [1.54, 1.807) is 0 Å². The minimum atomic E-state index is -4.79. The van der Waals surface area contributed by atoms with Gasteiger partial charge in [0.2, 0.25) is 5.82 Å². The molecule has 0 N–H and O–H groups in total. The first kappa shape index (κ1) is 17.8. The molecule has 3 nitrogen and oxygen atoms in total. The molecule has 0 unspecified atom stereocenters. The van der Waals surface area contributed by atoms with Crippen molar-refractivity contribution in [3.63, 3.8) is 0 Å². The lowest BCUT2D eigenvalue weighted by Crippen LogP contribution is -2.28. The standard InChI is InChI=1S/C17H11Cl2F3N2OS/c18-10-6-5-8(7-11(10)19)24-15(25)13-9-3-1-2-4-12(9)26-14(13)23-16(24)17(20,21)22/h5-7H,1-4H2. The molecule has 2 aromatic heterocycles. The van der Waals surface area contributed by atoms with Gasteiger partial charge in [0.15, 0.2) is 0 Å². The number of halogens is 5. The third-order valence-corrected chi connectivity index (χ3v) is 6.33. The molecule has 3 aromatic rings. The summed E-state index contributed by atoms with van der Waals surface area (Å²) in [7, 11) is 0. The van der Waals surface area contributed by atoms with Gasteiger partial charge >= 0.3 is 6.18 Å². The van der Waals surface area contributed by atoms with Crippen LogP contribution in [0.25, 0.3) is 15.9 Å². The Morgan fingerprint density at radius 2 is 1.85 bits per heavy atom. The van der Waals surface area contributed by atoms with E-state index < -0.39 is 17.6 Å². The number of fused-ring (bicyclic) bond motifs is 3. The third kappa shape index (κ3) is 2.82. The molecule has 0 amide bonds. The summed E-state index contributed by atoms with van der Waals surface area (Å²) in [5.41, 5.74) is 0.0956. The summed E-state index contributed by atoms with van der Waals surface area (Å²) < 4.78 is 41.5. The number of benzene rings is 1. The Labute approximate surface area is 160 Å². The normalized spacial score (nSPS) is 14.7. The van der Waals surface area contributed by atoms with Gasteiger partial charge in [0.25, 0.3) is 5.56 Å². The number of alkyl halides is 3. The van der Waals surface area contributed by atoms with Gasteiger partial charge in [-0.25, -0.2) is 4.98 Å². The Morgan fingerprint density at radius 3 is 2.54 bits per heavy atom. The molecule has 0 spiro atoms. The number of aryl methyl sites for hydroxylation is 2. The first-order valence-corrected chi connectivity index (χ1v) is 9.44. The van der Waals surface area contributed by atoms with Crippen molar-refractivity contribution >= 4 is 44.8 Å². The average molecular weight is 419 g/mol. The zero-order valence-electron chi connectivity index (χ0n) is 13.2. The van der Waals surface area contributed by atoms with Crippen molar-refractivity contribution < 1.29 is 13.2 Å². The highest BCUT2D eigenvalue weighted by Gasteiger charge is 2.39. The second-order valence-electron chi connectivity index (χ2n) is 6.06. The Bertz CT molecular complexity index is 1090. The fourth-order valence-corrected chi connectivity index (χ4v) is 4.80. The Kier molecular flexibility index (Phi) is 4.28. The second-order valence-corrected chi connectivity index (χ2v) is 7.96. The predicted octanol–water partition coefficient (Wildman–Crippen LogP) is 5.65. The molecular formula is C17H11Cl2F3N2OS. The predicted molar refractivity (Wildman–Crippen MR) is 96.9 cm³/mol. The molecule has 2 heterocycles. The largest absolute Gasteiger partial charge is 0.450 e. The van der Waals surface area contributed by atoms with Gasteiger partial charge in [-0.1, -0.05) is 23.2 Å². The highest BCUT2D eigenvalue weighted by atomic mass is 35.5. The lowest BCUT2D eigenvalue weighted by molar-refractivity contribution is -0.146. The van der Waals surface area contributed by atoms with Gasteiger partial charge in [-0.2, -0.15) is 13.2 Å². The minimum absolute atomic E-state index is 0.0121. The summed E-state index contributed by atoms with van der Waals surface area (Å²) in [6.07, 6.45) is -1.47. The van der Waals surface area contributed by atoms with E-state index in [0.29, 0.717) is 11.0 Å². The van der Waals surface area contributed by atoms with E-state index >= 15 is 0 Å². The lowest BCUT2D eigenvalue weighted by atomic mass is 9.97. The van der Waals surface area contributed by atoms with Gasteiger partial charge in [0, 0.05) is 4.88 Å². The Morgan fingerprint density at radius 1 is 1.12 bits per heavy atom. The average Bonchev–Trinajstić information content (AvgIpc) is 2.95. The molecule has 1 aliphatic rings. The van der Waals surface area contributed by atoms with Gasteiger partial charge < -0.3 is 0 Å². The molecule has 1 aromatic carbocycles. The van der Waals surface area contributed by atoms with Crippen LogP contribution in [0.5, 0.6) is 0 Å². The number of nitrogens with zero attached hydrogens (tertiary/aromatic N) is 2. The topological polar surface area (TPSA) is 34.9 Å². The summed E-state index contributed by atoms with van der Waals surface area (Å²) in [6, 6.07) is 3.93. The van der Waals surface area contributed by atoms with Crippen LogP contribution in [-0.4, -0.2) is 9.55 Å². The van der Waals surface area contributed by atoms with Crippen LogP contribution in [0.2, 0.25) is 10.0 Å². The fraction of sp³-hybridized carbons (Fsp3) is 0.294. The fourth-order valence-electron chi connectivity index (χ4n) is 3.26. The molecule has 136 valence electrons. The number of rotatable bonds is 1. The van der Waals surface area contributed by atoms with Crippen molar-refractivity contribution in [3.05, 3.63) is 54.9 Å². The minimum Gasteiger partial charge on any atom is -0.268 e. The van der Waals surface area contributed by atoms with Crippen LogP contribution in [0.1, 0.15) is 29.1 Å². The van der Waals surface area contributed by atoms with E-state index in [0.717, 1.165) is 29.7 Å². The third-order valence-electron chi connectivity index (χ3n) is 4.40. The number of hydrogen-bond acceptors (Lipinski definition) is 3. The summed E-state index contributed by atoms with van der Waals surface area (Å²) >= 11 is 13.0. The van der Waals surface area contributed by atoms with Crippen molar-refractivity contribution in [2.75, 3.05) is 0 Å². The highest BCUT2D eigenvalue weighted by Crippen LogP contribution is 2.37. The molecule has 0 radical (unpaired) electrons. The highest BCUT2D eigenvalue weighted by molar-refractivity contribution is 7.18. The molecule has 0 saturated heterocycles. The van der Waals surface area contributed by atoms with E-state index in [2.05, 4.69) is 4.98 Å². The molecule has 0 aliphatic heterocycles. The summed E-state index contributed by atoms with van der Waals surface area (Å²) in [4.78, 5) is 18.0. The van der Waals surface area contributed by atoms with Gasteiger partial charge in [0.1, 0.15) is 4.83 Å². The van der Waals surface area contributed by atoms with Crippen molar-refractivity contribution in [1.29, 1.82) is 0 Å². The van der Waals surface area contributed by atoms with Gasteiger partial charge in [-0.3, -0.25) is 9.36 Å². The smallest absolute Gasteiger partial charge is 0.268 e. The van der Waals surface area contributed by atoms with Crippen LogP contribution in [0.4, 0.5) is 13.2 Å². The van der Waals surface area contributed by atoms with E-state index in [-0.39, 0.29) is 25.9 Å². The Hall–Kier alpha value is -1.57. The monoisotopic (exact) mass is 418 g/mol. The molecule has 0 saturated carbocycles. The van der Waals surface area contributed by atoms with E-state index in [1.807, 2.05) is 0 Å². The van der Waals surface area contributed by atoms with E-state index in [9.17, 15) is 18.0 Å². The molecule has 1 aliphatic carbocycles. The lowest BCUT2D eigenvalue weighted by Gasteiger charge is -2.16. The molecule has 0 fully saturated rings. The van der Waals surface area contributed by atoms with Crippen LogP contribution in [-0.2, 0) is 19.0 Å². The first-order valence-electron chi connectivity index (χ1n) is 7.87. The quantitative estimate of drug-likeness (QED) is 0.511. The van der Waals surface area contributed by atoms with Gasteiger partial charge in [-0.05, 0) is 49.4 Å². The summed E-state index contributed by atoms with van der Waals surface area (Å²) in [5, 5.41) is 0.541. The summed E-state index contributed by atoms with van der Waals surface area (Å²) in [6.45, 7) is 0. The van der Waals surface area contributed by atoms with E-state index in [1.165, 1.54) is 29.5 Å². The van der Waals surface area contributed by atoms with Gasteiger partial charge in [-0.15, -0.1) is 11.3 Å². The van der Waals surface area contributed by atoms with E-state index in [4.69, 9.17) is 23.2 Å². The zero-order valence-corrected chi connectivity index (χ0v) is 15.5. The number of hydrogen-bond donors (Lipinski definition) is 0. The van der Waals surface area contributed by atoms with Crippen molar-refractivity contribution in [3.8, 4) is 5.69 Å². The Balaban J connectivity index is 2.10. The zero-order chi connectivity index (χ0) is 18.6. The van der Waals surface area contributed by atoms with Crippen molar-refractivity contribution in [2.45, 2.75) is 31.9 Å². The first-order chi connectivity index (χ1) is 12.3. The number of thiophene rings is 1. The molecule has 9 heteroatoms. The van der Waals surface area contributed by atoms with Crippen LogP contribution in [0.15, 0.2) is 23.0 Å². The van der Waals surface area contributed by atoms with Crippen LogP contribution >= 0.6 is 34.5 Å². The maximum Gasteiger partial charge on any atom is 0.450 e. The van der Waals surface area contributed by atoms with Gasteiger partial charge in [0.05, 0.1) is 21.1 Å².